The van der Waals surface area contributed by atoms with Gasteiger partial charge < -0.3 is 28.5 Å². The number of amides is 1. The summed E-state index contributed by atoms with van der Waals surface area (Å²) in [6.07, 6.45) is 72.0. The normalized spacial score (nSPS) is 14.0. The van der Waals surface area contributed by atoms with Gasteiger partial charge in [0.1, 0.15) is 19.3 Å². The summed E-state index contributed by atoms with van der Waals surface area (Å²) < 4.78 is 30.3. The molecule has 9 nitrogen and oxygen atoms in total. The van der Waals surface area contributed by atoms with Gasteiger partial charge in [0.15, 0.2) is 0 Å². The fourth-order valence-corrected chi connectivity index (χ4v) is 10.1. The monoisotopic (exact) mass is 1100 g/mol. The number of carbonyl (C=O) groups excluding carboxylic acids is 2. The Morgan fingerprint density at radius 2 is 0.831 bits per heavy atom. The lowest BCUT2D eigenvalue weighted by Crippen LogP contribution is -2.47. The third kappa shape index (κ3) is 58.2. The van der Waals surface area contributed by atoms with Gasteiger partial charge in [-0.15, -0.1) is 0 Å². The molecule has 0 heterocycles. The maximum atomic E-state index is 13.5. The molecule has 0 aromatic carbocycles. The second kappa shape index (κ2) is 57.0. The summed E-state index contributed by atoms with van der Waals surface area (Å²) in [6, 6.07) is -0.900. The number of unbranched alkanes of at least 4 members (excludes halogenated alkanes) is 35. The fourth-order valence-electron chi connectivity index (χ4n) is 9.41. The molecule has 0 radical (unpaired) electrons. The van der Waals surface area contributed by atoms with Gasteiger partial charge >= 0.3 is 5.97 Å². The number of phosphoric acid groups is 1. The van der Waals surface area contributed by atoms with E-state index in [4.69, 9.17) is 13.8 Å². The maximum Gasteiger partial charge on any atom is 0.306 e. The molecule has 3 unspecified atom stereocenters. The lowest BCUT2D eigenvalue weighted by molar-refractivity contribution is -0.870. The minimum atomic E-state index is -4.70. The van der Waals surface area contributed by atoms with E-state index in [1.54, 1.807) is 0 Å². The molecule has 0 aromatic heterocycles. The zero-order chi connectivity index (χ0) is 56.4. The Kier molecular flexibility index (Phi) is 55.3. The molecule has 0 aliphatic rings. The summed E-state index contributed by atoms with van der Waals surface area (Å²) in [6.45, 7) is 6.73. The SMILES string of the molecule is CC/C=C/C/C=C/C/C=C/CCCCCCC(=O)NC(COP(=O)([O-])OCC[N+](C)(C)C)C(/C=C\CCCCCCCCCCCC)OC(=O)CCCCCCCCCCCCCCCCC/C=C/CCCCCCCC. The van der Waals surface area contributed by atoms with Crippen LogP contribution >= 0.6 is 7.82 Å². The summed E-state index contributed by atoms with van der Waals surface area (Å²) in [5.41, 5.74) is 0. The molecule has 0 aromatic rings. The van der Waals surface area contributed by atoms with Gasteiger partial charge in [0, 0.05) is 12.8 Å². The molecule has 450 valence electrons. The van der Waals surface area contributed by atoms with Crippen molar-refractivity contribution in [2.24, 2.45) is 0 Å². The number of rotatable bonds is 59. The number of ether oxygens (including phenoxy) is 1. The van der Waals surface area contributed by atoms with Crippen LogP contribution in [-0.2, 0) is 27.9 Å². The first kappa shape index (κ1) is 74.7. The number of hydrogen-bond acceptors (Lipinski definition) is 7. The van der Waals surface area contributed by atoms with E-state index < -0.39 is 26.6 Å². The highest BCUT2D eigenvalue weighted by molar-refractivity contribution is 7.45. The molecular weight excluding hydrogens is 976 g/mol. The molecule has 0 fully saturated rings. The van der Waals surface area contributed by atoms with Crippen molar-refractivity contribution < 1.29 is 37.3 Å². The van der Waals surface area contributed by atoms with Gasteiger partial charge in [0.05, 0.1) is 33.8 Å². The number of nitrogens with one attached hydrogen (secondary N) is 1. The zero-order valence-corrected chi connectivity index (χ0v) is 52.3. The lowest BCUT2D eigenvalue weighted by atomic mass is 10.0. The smallest absolute Gasteiger partial charge is 0.306 e. The molecule has 0 rings (SSSR count). The van der Waals surface area contributed by atoms with Crippen molar-refractivity contribution in [1.29, 1.82) is 0 Å². The van der Waals surface area contributed by atoms with E-state index in [0.717, 1.165) is 83.5 Å². The van der Waals surface area contributed by atoms with E-state index in [2.05, 4.69) is 74.7 Å². The topological polar surface area (TPSA) is 114 Å². The van der Waals surface area contributed by atoms with E-state index in [1.807, 2.05) is 33.3 Å². The van der Waals surface area contributed by atoms with Gasteiger partial charge in [0.25, 0.3) is 7.82 Å². The first-order valence-electron chi connectivity index (χ1n) is 32.6. The Morgan fingerprint density at radius 1 is 0.468 bits per heavy atom. The standard InChI is InChI=1S/C67H125N2O7P/c1-7-10-13-16-19-22-25-28-30-31-32-33-34-35-36-37-38-39-40-42-45-48-51-54-57-60-67(71)76-65(58-55-52-49-46-43-27-24-21-18-15-12-9-3)64(63-75-77(72,73)74-62-61-69(4,5)6)68-66(70)59-56-53-50-47-44-41-29-26-23-20-17-14-11-8-2/h11,14,20,23,28-30,41,55,58,64-65H,7-10,12-13,15-19,21-22,24-27,31-40,42-54,56-57,59-63H2,1-6H3,(H-,68,70,72,73)/b14-11+,23-20+,30-28+,41-29+,58-55-. The number of nitrogens with zero attached hydrogens (tertiary/aromatic N) is 1. The molecule has 0 saturated carbocycles. The number of phosphoric ester groups is 1. The number of allylic oxidation sites excluding steroid dienone is 9. The van der Waals surface area contributed by atoms with Gasteiger partial charge in [-0.05, 0) is 89.5 Å². The molecular formula is C67H125N2O7P. The van der Waals surface area contributed by atoms with Crippen molar-refractivity contribution in [3.8, 4) is 0 Å². The maximum absolute atomic E-state index is 13.5. The van der Waals surface area contributed by atoms with Crippen molar-refractivity contribution in [2.45, 2.75) is 315 Å². The van der Waals surface area contributed by atoms with Crippen LogP contribution in [0.4, 0.5) is 0 Å². The summed E-state index contributed by atoms with van der Waals surface area (Å²) in [5.74, 6) is -0.559. The largest absolute Gasteiger partial charge is 0.756 e. The van der Waals surface area contributed by atoms with Gasteiger partial charge in [-0.2, -0.15) is 0 Å². The highest BCUT2D eigenvalue weighted by atomic mass is 31.2. The summed E-state index contributed by atoms with van der Waals surface area (Å²) in [4.78, 5) is 40.0. The second-order valence-corrected chi connectivity index (χ2v) is 24.6. The van der Waals surface area contributed by atoms with Gasteiger partial charge in [0.2, 0.25) is 5.91 Å². The highest BCUT2D eigenvalue weighted by Crippen LogP contribution is 2.38. The first-order valence-corrected chi connectivity index (χ1v) is 34.1. The van der Waals surface area contributed by atoms with Crippen LogP contribution in [0.3, 0.4) is 0 Å². The number of quaternary nitrogens is 1. The van der Waals surface area contributed by atoms with Gasteiger partial charge in [-0.25, -0.2) is 0 Å². The van der Waals surface area contributed by atoms with Crippen molar-refractivity contribution in [3.05, 3.63) is 60.8 Å². The molecule has 10 heteroatoms. The Balaban J connectivity index is 5.08. The van der Waals surface area contributed by atoms with E-state index in [-0.39, 0.29) is 24.9 Å². The quantitative estimate of drug-likeness (QED) is 0.0212. The van der Waals surface area contributed by atoms with Crippen LogP contribution in [0, 0.1) is 0 Å². The molecule has 0 saturated heterocycles. The van der Waals surface area contributed by atoms with Crippen LogP contribution in [0.1, 0.15) is 303 Å². The van der Waals surface area contributed by atoms with Crippen LogP contribution in [0.15, 0.2) is 60.8 Å². The van der Waals surface area contributed by atoms with E-state index >= 15 is 0 Å². The number of esters is 1. The Hall–Kier alpha value is -2.29. The molecule has 3 atom stereocenters. The minimum Gasteiger partial charge on any atom is -0.756 e. The third-order valence-electron chi connectivity index (χ3n) is 14.4. The molecule has 1 amide bonds. The van der Waals surface area contributed by atoms with Crippen LogP contribution in [0.2, 0.25) is 0 Å². The Labute approximate surface area is 477 Å². The van der Waals surface area contributed by atoms with Gasteiger partial charge in [-0.1, -0.05) is 262 Å². The molecule has 0 bridgehead atoms. The molecule has 77 heavy (non-hydrogen) atoms. The van der Waals surface area contributed by atoms with Crippen molar-refractivity contribution in [2.75, 3.05) is 40.9 Å². The molecule has 0 aliphatic carbocycles. The van der Waals surface area contributed by atoms with Crippen molar-refractivity contribution in [3.63, 3.8) is 0 Å². The van der Waals surface area contributed by atoms with Crippen LogP contribution < -0.4 is 10.2 Å². The van der Waals surface area contributed by atoms with Crippen molar-refractivity contribution >= 4 is 19.7 Å². The van der Waals surface area contributed by atoms with Crippen LogP contribution in [-0.4, -0.2) is 69.4 Å². The first-order chi connectivity index (χ1) is 37.4. The van der Waals surface area contributed by atoms with Gasteiger partial charge in [-0.3, -0.25) is 14.2 Å². The Morgan fingerprint density at radius 3 is 1.26 bits per heavy atom. The number of carbonyl (C=O) groups is 2. The van der Waals surface area contributed by atoms with Crippen LogP contribution in [0.25, 0.3) is 0 Å². The third-order valence-corrected chi connectivity index (χ3v) is 15.4. The Bertz CT molecular complexity index is 1500. The number of hydrogen-bond donors (Lipinski definition) is 1. The van der Waals surface area contributed by atoms with Crippen LogP contribution in [0.5, 0.6) is 0 Å². The average molecular weight is 1100 g/mol. The van der Waals surface area contributed by atoms with E-state index in [0.29, 0.717) is 23.9 Å². The average Bonchev–Trinajstić information content (AvgIpc) is 3.39. The molecule has 0 spiro atoms. The number of likely N-dealkylation sites (N-methyl/N-ethyl adjacent to an activating group) is 1. The molecule has 1 N–H and O–H groups in total. The summed E-state index contributed by atoms with van der Waals surface area (Å²) in [7, 11) is 1.17. The summed E-state index contributed by atoms with van der Waals surface area (Å²) in [5, 5.41) is 3.02. The van der Waals surface area contributed by atoms with E-state index in [9.17, 15) is 19.0 Å². The van der Waals surface area contributed by atoms with Crippen molar-refractivity contribution in [1.82, 2.24) is 5.32 Å². The predicted octanol–water partition coefficient (Wildman–Crippen LogP) is 19.6. The zero-order valence-electron chi connectivity index (χ0n) is 51.4. The minimum absolute atomic E-state index is 0.0272. The van der Waals surface area contributed by atoms with E-state index in [1.165, 1.54) is 180 Å². The molecule has 0 aliphatic heterocycles. The summed E-state index contributed by atoms with van der Waals surface area (Å²) >= 11 is 0. The highest BCUT2D eigenvalue weighted by Gasteiger charge is 2.27. The lowest BCUT2D eigenvalue weighted by Gasteiger charge is -2.30. The second-order valence-electron chi connectivity index (χ2n) is 23.2. The predicted molar refractivity (Wildman–Crippen MR) is 330 cm³/mol. The fraction of sp³-hybridized carbons (Fsp3) is 0.821.